The number of quaternary nitrogens is 1. The predicted octanol–water partition coefficient (Wildman–Crippen LogP) is 4.35. The lowest BCUT2D eigenvalue weighted by atomic mass is 10.0. The van der Waals surface area contributed by atoms with Crippen molar-refractivity contribution < 1.29 is 9.90 Å². The van der Waals surface area contributed by atoms with Crippen LogP contribution in [0.2, 0.25) is 0 Å². The van der Waals surface area contributed by atoms with E-state index in [-0.39, 0.29) is 0 Å². The fraction of sp³-hybridized carbons (Fsp3) is 0.0435. The van der Waals surface area contributed by atoms with Gasteiger partial charge in [-0.05, 0) is 35.2 Å². The number of benzene rings is 2. The number of fused-ring (bicyclic) bond motifs is 2. The van der Waals surface area contributed by atoms with Gasteiger partial charge in [0.05, 0.1) is 11.9 Å². The van der Waals surface area contributed by atoms with Crippen LogP contribution in [0.4, 0.5) is 11.4 Å². The van der Waals surface area contributed by atoms with E-state index < -0.39 is 0 Å². The zero-order valence-electron chi connectivity index (χ0n) is 15.5. The van der Waals surface area contributed by atoms with Gasteiger partial charge < -0.3 is 20.4 Å². The Kier molecular flexibility index (Phi) is 4.40. The van der Waals surface area contributed by atoms with Crippen molar-refractivity contribution in [2.45, 2.75) is 6.54 Å². The Balaban J connectivity index is 1.51. The molecule has 0 bridgehead atoms. The van der Waals surface area contributed by atoms with Crippen LogP contribution in [0.15, 0.2) is 83.8 Å². The third kappa shape index (κ3) is 3.31. The molecule has 142 valence electrons. The molecule has 0 unspecified atom stereocenters. The molecule has 3 aromatic heterocycles. The Bertz CT molecular complexity index is 1280. The third-order valence-corrected chi connectivity index (χ3v) is 4.98. The summed E-state index contributed by atoms with van der Waals surface area (Å²) < 4.78 is 6.06. The van der Waals surface area contributed by atoms with Crippen LogP contribution in [-0.4, -0.2) is 9.97 Å². The summed E-state index contributed by atoms with van der Waals surface area (Å²) in [4.78, 5) is 8.37. The van der Waals surface area contributed by atoms with Gasteiger partial charge in [-0.25, -0.2) is 0 Å². The van der Waals surface area contributed by atoms with Crippen molar-refractivity contribution in [1.29, 1.82) is 0 Å². The average molecular weight is 382 g/mol. The number of rotatable bonds is 5. The highest BCUT2D eigenvalue weighted by atomic mass is 16.5. The van der Waals surface area contributed by atoms with Crippen LogP contribution in [0, 0.1) is 5.21 Å². The van der Waals surface area contributed by atoms with Gasteiger partial charge in [-0.2, -0.15) is 0 Å². The Morgan fingerprint density at radius 1 is 0.931 bits per heavy atom. The van der Waals surface area contributed by atoms with Crippen LogP contribution >= 0.6 is 0 Å². The lowest BCUT2D eigenvalue weighted by molar-refractivity contribution is -0.496. The van der Waals surface area contributed by atoms with Crippen LogP contribution in [0.25, 0.3) is 33.1 Å². The standard InChI is InChI=1S/C23H18N4O2/c28-27-21-14-24-8-7-20(21)26-11-15-5-6-17-12-25-13-19(18(17)9-15)23-10-16-3-1-2-4-22(16)29-23/h1-10,12-14H,11,27H2,(H,24,26). The maximum Gasteiger partial charge on any atom is 0.171 e. The minimum atomic E-state index is 0.542. The molecular weight excluding hydrogens is 364 g/mol. The normalized spacial score (nSPS) is 11.2. The number of furan rings is 1. The van der Waals surface area contributed by atoms with Crippen LogP contribution in [0.3, 0.4) is 0 Å². The lowest BCUT2D eigenvalue weighted by Gasteiger charge is -2.11. The van der Waals surface area contributed by atoms with E-state index in [1.54, 1.807) is 18.5 Å². The summed E-state index contributed by atoms with van der Waals surface area (Å²) in [5.74, 6) is 0.798. The summed E-state index contributed by atoms with van der Waals surface area (Å²) in [6.07, 6.45) is 6.92. The molecule has 5 aromatic rings. The fourth-order valence-electron chi connectivity index (χ4n) is 3.49. The topological polar surface area (TPSA) is 90.6 Å². The second-order valence-corrected chi connectivity index (χ2v) is 6.83. The SMILES string of the molecule is [O-][NH2+]c1cnccc1NCc1ccc2cncc(-c3cc4ccccc4o3)c2c1. The summed E-state index contributed by atoms with van der Waals surface area (Å²) in [6, 6.07) is 18.1. The number of pyridine rings is 2. The highest BCUT2D eigenvalue weighted by molar-refractivity contribution is 5.97. The molecule has 0 saturated heterocycles. The first-order valence-corrected chi connectivity index (χ1v) is 9.30. The highest BCUT2D eigenvalue weighted by Crippen LogP contribution is 2.33. The molecule has 3 heterocycles. The molecule has 0 atom stereocenters. The van der Waals surface area contributed by atoms with Crippen LogP contribution < -0.4 is 10.8 Å². The number of nitrogens with zero attached hydrogens (tertiary/aromatic N) is 2. The Hall–Kier alpha value is -3.74. The van der Waals surface area contributed by atoms with Gasteiger partial charge in [-0.3, -0.25) is 9.97 Å². The zero-order valence-corrected chi connectivity index (χ0v) is 15.5. The van der Waals surface area contributed by atoms with Gasteiger partial charge >= 0.3 is 0 Å². The van der Waals surface area contributed by atoms with Crippen molar-refractivity contribution in [2.75, 3.05) is 5.32 Å². The van der Waals surface area contributed by atoms with Gasteiger partial charge in [0.1, 0.15) is 11.3 Å². The molecule has 2 aromatic carbocycles. The van der Waals surface area contributed by atoms with Crippen molar-refractivity contribution in [1.82, 2.24) is 9.97 Å². The second-order valence-electron chi connectivity index (χ2n) is 6.83. The molecule has 6 heteroatoms. The molecule has 0 amide bonds. The smallest absolute Gasteiger partial charge is 0.171 e. The largest absolute Gasteiger partial charge is 0.630 e. The maximum atomic E-state index is 11.2. The van der Waals surface area contributed by atoms with Gasteiger partial charge in [0, 0.05) is 41.5 Å². The van der Waals surface area contributed by atoms with Gasteiger partial charge in [0.2, 0.25) is 0 Å². The molecule has 3 N–H and O–H groups in total. The third-order valence-electron chi connectivity index (χ3n) is 4.98. The zero-order chi connectivity index (χ0) is 19.6. The van der Waals surface area contributed by atoms with Crippen molar-refractivity contribution in [2.24, 2.45) is 0 Å². The molecule has 0 radical (unpaired) electrons. The number of hydrogen-bond acceptors (Lipinski definition) is 5. The molecule has 0 aliphatic carbocycles. The first-order chi connectivity index (χ1) is 14.3. The number of nitrogens with one attached hydrogen (secondary N) is 1. The summed E-state index contributed by atoms with van der Waals surface area (Å²) in [6.45, 7) is 0.586. The summed E-state index contributed by atoms with van der Waals surface area (Å²) in [7, 11) is 0. The first-order valence-electron chi connectivity index (χ1n) is 9.30. The van der Waals surface area contributed by atoms with Crippen LogP contribution in [-0.2, 0) is 6.54 Å². The molecule has 6 nitrogen and oxygen atoms in total. The Morgan fingerprint density at radius 3 is 2.76 bits per heavy atom. The molecule has 0 fully saturated rings. The van der Waals surface area contributed by atoms with E-state index in [0.717, 1.165) is 49.8 Å². The summed E-state index contributed by atoms with van der Waals surface area (Å²) in [5, 5.41) is 17.7. The van der Waals surface area contributed by atoms with Gasteiger partial charge in [-0.1, -0.05) is 30.3 Å². The van der Waals surface area contributed by atoms with Crippen LogP contribution in [0.1, 0.15) is 5.56 Å². The second kappa shape index (κ2) is 7.35. The van der Waals surface area contributed by atoms with E-state index in [0.29, 0.717) is 12.2 Å². The number of para-hydroxylation sites is 1. The van der Waals surface area contributed by atoms with Crippen LogP contribution in [0.5, 0.6) is 0 Å². The van der Waals surface area contributed by atoms with E-state index in [9.17, 15) is 5.21 Å². The quantitative estimate of drug-likeness (QED) is 0.441. The van der Waals surface area contributed by atoms with E-state index in [4.69, 9.17) is 4.42 Å². The predicted molar refractivity (Wildman–Crippen MR) is 113 cm³/mol. The molecule has 0 aliphatic heterocycles. The summed E-state index contributed by atoms with van der Waals surface area (Å²) >= 11 is 0. The minimum absolute atomic E-state index is 0.542. The van der Waals surface area contributed by atoms with Crippen molar-refractivity contribution in [3.8, 4) is 11.3 Å². The van der Waals surface area contributed by atoms with E-state index in [1.807, 2.05) is 42.7 Å². The van der Waals surface area contributed by atoms with E-state index >= 15 is 0 Å². The fourth-order valence-corrected chi connectivity index (χ4v) is 3.49. The van der Waals surface area contributed by atoms with E-state index in [1.165, 1.54) is 0 Å². The summed E-state index contributed by atoms with van der Waals surface area (Å²) in [5.41, 5.74) is 5.02. The molecule has 0 aliphatic rings. The molecule has 5 rings (SSSR count). The Labute approximate surface area is 166 Å². The maximum absolute atomic E-state index is 11.2. The molecular formula is C23H18N4O2. The van der Waals surface area contributed by atoms with Gasteiger partial charge in [0.25, 0.3) is 0 Å². The molecule has 29 heavy (non-hydrogen) atoms. The first kappa shape index (κ1) is 17.4. The number of aromatic nitrogens is 2. The van der Waals surface area contributed by atoms with Crippen molar-refractivity contribution in [3.63, 3.8) is 0 Å². The number of anilines is 1. The van der Waals surface area contributed by atoms with Gasteiger partial charge in [-0.15, -0.1) is 0 Å². The minimum Gasteiger partial charge on any atom is -0.630 e. The highest BCUT2D eigenvalue weighted by Gasteiger charge is 2.11. The lowest BCUT2D eigenvalue weighted by Crippen LogP contribution is -2.70. The number of hydrogen-bond donors (Lipinski definition) is 2. The van der Waals surface area contributed by atoms with Gasteiger partial charge in [0.15, 0.2) is 5.69 Å². The average Bonchev–Trinajstić information content (AvgIpc) is 3.21. The monoisotopic (exact) mass is 382 g/mol. The molecule has 0 saturated carbocycles. The van der Waals surface area contributed by atoms with Crippen molar-refractivity contribution in [3.05, 3.63) is 90.2 Å². The van der Waals surface area contributed by atoms with E-state index in [2.05, 4.69) is 33.5 Å². The van der Waals surface area contributed by atoms with Crippen molar-refractivity contribution >= 4 is 33.1 Å². The molecule has 0 spiro atoms. The number of nitrogens with two attached hydrogens (primary N) is 1. The Morgan fingerprint density at radius 2 is 1.86 bits per heavy atom.